The summed E-state index contributed by atoms with van der Waals surface area (Å²) >= 11 is 0. The van der Waals surface area contributed by atoms with Crippen LogP contribution in [-0.2, 0) is 4.79 Å². The van der Waals surface area contributed by atoms with Gasteiger partial charge in [0.1, 0.15) is 0 Å². The van der Waals surface area contributed by atoms with Gasteiger partial charge in [0.25, 0.3) is 0 Å². The normalized spacial score (nSPS) is 15.9. The van der Waals surface area contributed by atoms with Crippen molar-refractivity contribution in [3.8, 4) is 0 Å². The van der Waals surface area contributed by atoms with Crippen LogP contribution in [0, 0.1) is 5.92 Å². The average molecular weight is 411 g/mol. The molecule has 0 aromatic heterocycles. The van der Waals surface area contributed by atoms with Gasteiger partial charge in [-0.15, -0.1) is 0 Å². The summed E-state index contributed by atoms with van der Waals surface area (Å²) in [6.45, 7) is 1.59. The summed E-state index contributed by atoms with van der Waals surface area (Å²) in [7, 11) is 3.88. The standard InChI is InChI=1S/C23H30N4O3/c1-26(2)16-18(22(29)17-9-4-3-5-10-17)15-24-23(30)25-19-11-6-7-12-20(19)27-14-8-13-21(27)28/h3-7,9-12,18,22,29H,8,13-16H2,1-2H3,(H2,24,25,30)/t18-,22+/m0/s1. The smallest absolute Gasteiger partial charge is 0.319 e. The highest BCUT2D eigenvalue weighted by Crippen LogP contribution is 2.29. The molecule has 1 aliphatic heterocycles. The largest absolute Gasteiger partial charge is 0.388 e. The van der Waals surface area contributed by atoms with Crippen molar-refractivity contribution in [2.75, 3.05) is 43.9 Å². The topological polar surface area (TPSA) is 84.9 Å². The van der Waals surface area contributed by atoms with Gasteiger partial charge in [-0.3, -0.25) is 4.79 Å². The highest BCUT2D eigenvalue weighted by Gasteiger charge is 2.25. The van der Waals surface area contributed by atoms with Crippen LogP contribution in [0.25, 0.3) is 0 Å². The lowest BCUT2D eigenvalue weighted by Gasteiger charge is -2.27. The fraction of sp³-hybridized carbons (Fsp3) is 0.391. The molecule has 160 valence electrons. The Kier molecular flexibility index (Phi) is 7.43. The third-order valence-corrected chi connectivity index (χ3v) is 5.23. The fourth-order valence-corrected chi connectivity index (χ4v) is 3.78. The number of amides is 3. The van der Waals surface area contributed by atoms with Crippen molar-refractivity contribution in [3.05, 3.63) is 60.2 Å². The van der Waals surface area contributed by atoms with E-state index in [0.29, 0.717) is 37.4 Å². The summed E-state index contributed by atoms with van der Waals surface area (Å²) in [5.74, 6) is -0.106. The van der Waals surface area contributed by atoms with Gasteiger partial charge in [-0.05, 0) is 38.2 Å². The summed E-state index contributed by atoms with van der Waals surface area (Å²) in [4.78, 5) is 28.4. The first kappa shape index (κ1) is 21.8. The zero-order valence-corrected chi connectivity index (χ0v) is 17.5. The Labute approximate surface area is 177 Å². The van der Waals surface area contributed by atoms with Crippen molar-refractivity contribution in [2.24, 2.45) is 5.92 Å². The van der Waals surface area contributed by atoms with Crippen LogP contribution in [0.4, 0.5) is 16.2 Å². The van der Waals surface area contributed by atoms with Crippen LogP contribution in [0.5, 0.6) is 0 Å². The molecule has 2 aromatic rings. The molecule has 3 rings (SSSR count). The first-order valence-corrected chi connectivity index (χ1v) is 10.3. The van der Waals surface area contributed by atoms with Crippen LogP contribution in [0.15, 0.2) is 54.6 Å². The maximum atomic E-state index is 12.6. The Morgan fingerprint density at radius 2 is 1.83 bits per heavy atom. The molecular weight excluding hydrogens is 380 g/mol. The molecule has 0 bridgehead atoms. The number of hydrogen-bond donors (Lipinski definition) is 3. The van der Waals surface area contributed by atoms with Gasteiger partial charge < -0.3 is 25.5 Å². The predicted octanol–water partition coefficient (Wildman–Crippen LogP) is 2.85. The Hall–Kier alpha value is -2.90. The molecule has 2 aromatic carbocycles. The van der Waals surface area contributed by atoms with Gasteiger partial charge in [-0.2, -0.15) is 0 Å². The number of para-hydroxylation sites is 2. The number of rotatable bonds is 8. The number of carbonyl (C=O) groups excluding carboxylic acids is 2. The summed E-state index contributed by atoms with van der Waals surface area (Å²) in [5.41, 5.74) is 2.13. The van der Waals surface area contributed by atoms with E-state index in [4.69, 9.17) is 0 Å². The minimum atomic E-state index is -0.691. The van der Waals surface area contributed by atoms with E-state index in [1.807, 2.05) is 67.5 Å². The predicted molar refractivity (Wildman–Crippen MR) is 118 cm³/mol. The van der Waals surface area contributed by atoms with Crippen LogP contribution in [0.2, 0.25) is 0 Å². The van der Waals surface area contributed by atoms with Crippen molar-refractivity contribution >= 4 is 23.3 Å². The molecule has 7 heteroatoms. The van der Waals surface area contributed by atoms with E-state index < -0.39 is 6.10 Å². The number of nitrogens with one attached hydrogen (secondary N) is 2. The average Bonchev–Trinajstić information content (AvgIpc) is 3.17. The molecule has 3 N–H and O–H groups in total. The van der Waals surface area contributed by atoms with E-state index >= 15 is 0 Å². The number of carbonyl (C=O) groups is 2. The number of aliphatic hydroxyl groups excluding tert-OH is 1. The molecule has 1 heterocycles. The zero-order valence-electron chi connectivity index (χ0n) is 17.5. The van der Waals surface area contributed by atoms with E-state index in [1.54, 1.807) is 11.0 Å². The van der Waals surface area contributed by atoms with E-state index in [0.717, 1.165) is 12.0 Å². The van der Waals surface area contributed by atoms with Crippen molar-refractivity contribution in [1.82, 2.24) is 10.2 Å². The monoisotopic (exact) mass is 410 g/mol. The van der Waals surface area contributed by atoms with Gasteiger partial charge in [0.05, 0.1) is 17.5 Å². The van der Waals surface area contributed by atoms with E-state index in [9.17, 15) is 14.7 Å². The third-order valence-electron chi connectivity index (χ3n) is 5.23. The Morgan fingerprint density at radius 1 is 1.13 bits per heavy atom. The number of benzene rings is 2. The maximum absolute atomic E-state index is 12.6. The van der Waals surface area contributed by atoms with Gasteiger partial charge in [-0.25, -0.2) is 4.79 Å². The molecule has 30 heavy (non-hydrogen) atoms. The molecule has 3 amide bonds. The Bertz CT molecular complexity index is 857. The molecule has 0 unspecified atom stereocenters. The molecule has 0 radical (unpaired) electrons. The number of anilines is 2. The van der Waals surface area contributed by atoms with E-state index in [2.05, 4.69) is 10.6 Å². The summed E-state index contributed by atoms with van der Waals surface area (Å²) in [6.07, 6.45) is 0.663. The lowest BCUT2D eigenvalue weighted by molar-refractivity contribution is -0.117. The van der Waals surface area contributed by atoms with Gasteiger partial charge in [-0.1, -0.05) is 42.5 Å². The van der Waals surface area contributed by atoms with Crippen LogP contribution in [0.1, 0.15) is 24.5 Å². The van der Waals surface area contributed by atoms with Crippen LogP contribution in [-0.4, -0.2) is 55.7 Å². The SMILES string of the molecule is CN(C)C[C@H](CNC(=O)Nc1ccccc1N1CCCC1=O)[C@H](O)c1ccccc1. The molecule has 7 nitrogen and oxygen atoms in total. The molecule has 0 spiro atoms. The van der Waals surface area contributed by atoms with E-state index in [1.165, 1.54) is 0 Å². The number of urea groups is 1. The lowest BCUT2D eigenvalue weighted by Crippen LogP contribution is -2.39. The third kappa shape index (κ3) is 5.58. The number of nitrogens with zero attached hydrogens (tertiary/aromatic N) is 2. The molecule has 2 atom stereocenters. The number of hydrogen-bond acceptors (Lipinski definition) is 4. The van der Waals surface area contributed by atoms with Gasteiger partial charge in [0.2, 0.25) is 5.91 Å². The van der Waals surface area contributed by atoms with Crippen LogP contribution < -0.4 is 15.5 Å². The van der Waals surface area contributed by atoms with Crippen molar-refractivity contribution in [1.29, 1.82) is 0 Å². The highest BCUT2D eigenvalue weighted by atomic mass is 16.3. The van der Waals surface area contributed by atoms with Gasteiger partial charge >= 0.3 is 6.03 Å². The summed E-state index contributed by atoms with van der Waals surface area (Å²) in [6, 6.07) is 16.4. The maximum Gasteiger partial charge on any atom is 0.319 e. The second kappa shape index (κ2) is 10.2. The molecule has 1 saturated heterocycles. The van der Waals surface area contributed by atoms with Gasteiger partial charge in [0.15, 0.2) is 0 Å². The summed E-state index contributed by atoms with van der Waals surface area (Å²) < 4.78 is 0. The fourth-order valence-electron chi connectivity index (χ4n) is 3.78. The Balaban J connectivity index is 1.64. The first-order valence-electron chi connectivity index (χ1n) is 10.3. The Morgan fingerprint density at radius 3 is 2.50 bits per heavy atom. The van der Waals surface area contributed by atoms with Gasteiger partial charge in [0, 0.05) is 32.0 Å². The molecule has 1 fully saturated rings. The highest BCUT2D eigenvalue weighted by molar-refractivity contribution is 6.01. The number of aliphatic hydroxyl groups is 1. The second-order valence-corrected chi connectivity index (χ2v) is 7.88. The molecule has 0 saturated carbocycles. The molecular formula is C23H30N4O3. The van der Waals surface area contributed by atoms with E-state index in [-0.39, 0.29) is 17.9 Å². The molecule has 1 aliphatic rings. The summed E-state index contributed by atoms with van der Waals surface area (Å²) in [5, 5.41) is 16.5. The van der Waals surface area contributed by atoms with Crippen molar-refractivity contribution < 1.29 is 14.7 Å². The molecule has 0 aliphatic carbocycles. The first-order chi connectivity index (χ1) is 14.5. The van der Waals surface area contributed by atoms with Crippen LogP contribution >= 0.6 is 0 Å². The van der Waals surface area contributed by atoms with Crippen molar-refractivity contribution in [2.45, 2.75) is 18.9 Å². The quantitative estimate of drug-likeness (QED) is 0.625. The minimum absolute atomic E-state index is 0.0710. The van der Waals surface area contributed by atoms with Crippen LogP contribution in [0.3, 0.4) is 0 Å². The second-order valence-electron chi connectivity index (χ2n) is 7.88. The zero-order chi connectivity index (χ0) is 21.5. The lowest BCUT2D eigenvalue weighted by atomic mass is 9.95. The van der Waals surface area contributed by atoms with Crippen molar-refractivity contribution in [3.63, 3.8) is 0 Å². The minimum Gasteiger partial charge on any atom is -0.388 e.